The van der Waals surface area contributed by atoms with Gasteiger partial charge in [-0.15, -0.1) is 0 Å². The minimum Gasteiger partial charge on any atom is -0.494 e. The van der Waals surface area contributed by atoms with E-state index in [1.807, 2.05) is 6.07 Å². The van der Waals surface area contributed by atoms with Crippen molar-refractivity contribution in [3.05, 3.63) is 57.6 Å². The van der Waals surface area contributed by atoms with E-state index < -0.39 is 0 Å². The summed E-state index contributed by atoms with van der Waals surface area (Å²) in [5.74, 6) is -0.136. The van der Waals surface area contributed by atoms with E-state index in [9.17, 15) is 9.59 Å². The highest BCUT2D eigenvalue weighted by molar-refractivity contribution is 6.37. The van der Waals surface area contributed by atoms with Crippen molar-refractivity contribution in [2.75, 3.05) is 12.4 Å². The van der Waals surface area contributed by atoms with E-state index in [4.69, 9.17) is 27.9 Å². The summed E-state index contributed by atoms with van der Waals surface area (Å²) in [7, 11) is 1.45. The van der Waals surface area contributed by atoms with Crippen LogP contribution in [0.15, 0.2) is 36.4 Å². The molecule has 0 aromatic heterocycles. The third kappa shape index (κ3) is 4.63. The number of rotatable bonds is 5. The number of hydrogen-bond donors (Lipinski definition) is 2. The smallest absolute Gasteiger partial charge is 0.251 e. The normalized spacial score (nSPS) is 10.2. The molecule has 0 saturated heterocycles. The van der Waals surface area contributed by atoms with Crippen LogP contribution in [0.1, 0.15) is 22.8 Å². The first kappa shape index (κ1) is 18.1. The summed E-state index contributed by atoms with van der Waals surface area (Å²) in [5, 5.41) is 6.00. The maximum atomic E-state index is 12.2. The Morgan fingerprint density at radius 1 is 1.12 bits per heavy atom. The molecule has 24 heavy (non-hydrogen) atoms. The van der Waals surface area contributed by atoms with Crippen LogP contribution in [0.3, 0.4) is 0 Å². The molecule has 2 amide bonds. The molecule has 0 atom stereocenters. The number of hydrogen-bond acceptors (Lipinski definition) is 3. The van der Waals surface area contributed by atoms with E-state index in [1.165, 1.54) is 26.2 Å². The number of anilines is 1. The number of carbonyl (C=O) groups excluding carboxylic acids is 2. The minimum atomic E-state index is -0.314. The van der Waals surface area contributed by atoms with E-state index in [1.54, 1.807) is 18.2 Å². The van der Waals surface area contributed by atoms with E-state index >= 15 is 0 Å². The number of carbonyl (C=O) groups is 2. The Morgan fingerprint density at radius 3 is 2.38 bits per heavy atom. The lowest BCUT2D eigenvalue weighted by Gasteiger charge is -2.10. The van der Waals surface area contributed by atoms with Gasteiger partial charge in [0.05, 0.1) is 17.2 Å². The predicted octanol–water partition coefficient (Wildman–Crippen LogP) is 3.89. The molecule has 0 fully saturated rings. The van der Waals surface area contributed by atoms with Crippen molar-refractivity contribution in [1.82, 2.24) is 5.32 Å². The first-order chi connectivity index (χ1) is 11.4. The van der Waals surface area contributed by atoms with Crippen molar-refractivity contribution in [3.63, 3.8) is 0 Å². The summed E-state index contributed by atoms with van der Waals surface area (Å²) in [6, 6.07) is 10.2. The molecule has 126 valence electrons. The first-order valence-corrected chi connectivity index (χ1v) is 7.84. The SMILES string of the molecule is COc1c(Cl)cc(C(=O)NCc2cccc(NC(C)=O)c2)cc1Cl. The van der Waals surface area contributed by atoms with Crippen LogP contribution in [-0.2, 0) is 11.3 Å². The molecule has 2 N–H and O–H groups in total. The van der Waals surface area contributed by atoms with E-state index in [-0.39, 0.29) is 21.9 Å². The summed E-state index contributed by atoms with van der Waals surface area (Å²) in [6.45, 7) is 1.74. The summed E-state index contributed by atoms with van der Waals surface area (Å²) < 4.78 is 5.05. The van der Waals surface area contributed by atoms with Crippen molar-refractivity contribution in [2.24, 2.45) is 0 Å². The Hall–Kier alpha value is -2.24. The molecule has 0 bridgehead atoms. The highest BCUT2D eigenvalue weighted by atomic mass is 35.5. The van der Waals surface area contributed by atoms with Crippen molar-refractivity contribution in [3.8, 4) is 5.75 Å². The van der Waals surface area contributed by atoms with Gasteiger partial charge in [0, 0.05) is 24.7 Å². The molecule has 0 aliphatic heterocycles. The van der Waals surface area contributed by atoms with Crippen molar-refractivity contribution < 1.29 is 14.3 Å². The predicted molar refractivity (Wildman–Crippen MR) is 94.9 cm³/mol. The fraction of sp³-hybridized carbons (Fsp3) is 0.176. The third-order valence-electron chi connectivity index (χ3n) is 3.17. The van der Waals surface area contributed by atoms with Gasteiger partial charge < -0.3 is 15.4 Å². The Bertz CT molecular complexity index is 755. The van der Waals surface area contributed by atoms with Gasteiger partial charge >= 0.3 is 0 Å². The molecule has 2 aromatic carbocycles. The summed E-state index contributed by atoms with van der Waals surface area (Å²) in [5.41, 5.74) is 1.86. The van der Waals surface area contributed by atoms with Crippen molar-refractivity contribution in [2.45, 2.75) is 13.5 Å². The molecule has 0 aliphatic rings. The average molecular weight is 367 g/mol. The Balaban J connectivity index is 2.07. The number of halogens is 2. The number of ether oxygens (including phenoxy) is 1. The van der Waals surface area contributed by atoms with Gasteiger partial charge in [-0.3, -0.25) is 9.59 Å². The van der Waals surface area contributed by atoms with Crippen LogP contribution in [-0.4, -0.2) is 18.9 Å². The molecule has 2 rings (SSSR count). The maximum Gasteiger partial charge on any atom is 0.251 e. The van der Waals surface area contributed by atoms with Crippen LogP contribution >= 0.6 is 23.2 Å². The van der Waals surface area contributed by atoms with Crippen LogP contribution in [0.25, 0.3) is 0 Å². The highest BCUT2D eigenvalue weighted by Gasteiger charge is 2.13. The van der Waals surface area contributed by atoms with Gasteiger partial charge in [-0.05, 0) is 29.8 Å². The molecule has 2 aromatic rings. The molecule has 0 radical (unpaired) electrons. The number of benzene rings is 2. The van der Waals surface area contributed by atoms with Crippen LogP contribution in [0.4, 0.5) is 5.69 Å². The minimum absolute atomic E-state index is 0.154. The Kier molecular flexibility index (Phi) is 6.06. The van der Waals surface area contributed by atoms with Crippen molar-refractivity contribution in [1.29, 1.82) is 0 Å². The second kappa shape index (κ2) is 8.04. The summed E-state index contributed by atoms with van der Waals surface area (Å²) in [6.07, 6.45) is 0. The molecule has 0 saturated carbocycles. The number of amides is 2. The van der Waals surface area contributed by atoms with Crippen molar-refractivity contribution >= 4 is 40.7 Å². The maximum absolute atomic E-state index is 12.2. The average Bonchev–Trinajstić information content (AvgIpc) is 2.52. The second-order valence-corrected chi connectivity index (χ2v) is 5.85. The van der Waals surface area contributed by atoms with Gasteiger partial charge in [0.2, 0.25) is 5.91 Å². The first-order valence-electron chi connectivity index (χ1n) is 7.08. The molecule has 0 heterocycles. The van der Waals surface area contributed by atoms with Crippen LogP contribution in [0.2, 0.25) is 10.0 Å². The van der Waals surface area contributed by atoms with E-state index in [2.05, 4.69) is 10.6 Å². The molecule has 0 spiro atoms. The van der Waals surface area contributed by atoms with Gasteiger partial charge in [-0.1, -0.05) is 35.3 Å². The van der Waals surface area contributed by atoms with Gasteiger partial charge in [0.15, 0.2) is 5.75 Å². The van der Waals surface area contributed by atoms with Gasteiger partial charge in [0.25, 0.3) is 5.91 Å². The monoisotopic (exact) mass is 366 g/mol. The molecule has 0 unspecified atom stereocenters. The molecular weight excluding hydrogens is 351 g/mol. The fourth-order valence-electron chi connectivity index (χ4n) is 2.13. The Labute approximate surface area is 149 Å². The molecule has 5 nitrogen and oxygen atoms in total. The summed E-state index contributed by atoms with van der Waals surface area (Å²) in [4.78, 5) is 23.3. The fourth-order valence-corrected chi connectivity index (χ4v) is 2.77. The zero-order chi connectivity index (χ0) is 17.7. The Morgan fingerprint density at radius 2 is 1.79 bits per heavy atom. The van der Waals surface area contributed by atoms with Crippen LogP contribution in [0, 0.1) is 0 Å². The molecule has 7 heteroatoms. The van der Waals surface area contributed by atoms with Crippen LogP contribution < -0.4 is 15.4 Å². The van der Waals surface area contributed by atoms with E-state index in [0.29, 0.717) is 23.5 Å². The topological polar surface area (TPSA) is 67.4 Å². The zero-order valence-corrected chi connectivity index (χ0v) is 14.7. The van der Waals surface area contributed by atoms with Gasteiger partial charge in [-0.2, -0.15) is 0 Å². The quantitative estimate of drug-likeness (QED) is 0.843. The lowest BCUT2D eigenvalue weighted by molar-refractivity contribution is -0.114. The molecule has 0 aliphatic carbocycles. The highest BCUT2D eigenvalue weighted by Crippen LogP contribution is 2.33. The molecular formula is C17H16Cl2N2O3. The summed E-state index contributed by atoms with van der Waals surface area (Å²) >= 11 is 12.1. The second-order valence-electron chi connectivity index (χ2n) is 5.04. The lowest BCUT2D eigenvalue weighted by Crippen LogP contribution is -2.23. The lowest BCUT2D eigenvalue weighted by atomic mass is 10.1. The third-order valence-corrected chi connectivity index (χ3v) is 3.73. The van der Waals surface area contributed by atoms with E-state index in [0.717, 1.165) is 5.56 Å². The standard InChI is InChI=1S/C17H16Cl2N2O3/c1-10(22)21-13-5-3-4-11(6-13)9-20-17(23)12-7-14(18)16(24-2)15(19)8-12/h3-8H,9H2,1-2H3,(H,20,23)(H,21,22). The largest absolute Gasteiger partial charge is 0.494 e. The number of methoxy groups -OCH3 is 1. The van der Waals surface area contributed by atoms with Gasteiger partial charge in [0.1, 0.15) is 0 Å². The van der Waals surface area contributed by atoms with Crippen LogP contribution in [0.5, 0.6) is 5.75 Å². The number of nitrogens with one attached hydrogen (secondary N) is 2. The van der Waals surface area contributed by atoms with Gasteiger partial charge in [-0.25, -0.2) is 0 Å². The zero-order valence-electron chi connectivity index (χ0n) is 13.2.